The number of benzene rings is 1. The van der Waals surface area contributed by atoms with Crippen LogP contribution >= 0.6 is 0 Å². The lowest BCUT2D eigenvalue weighted by Gasteiger charge is -2.06. The normalized spacial score (nSPS) is 10.1. The molecule has 1 amide bonds. The Bertz CT molecular complexity index is 485. The topological polar surface area (TPSA) is 79.9 Å². The van der Waals surface area contributed by atoms with Crippen molar-refractivity contribution in [2.24, 2.45) is 0 Å². The summed E-state index contributed by atoms with van der Waals surface area (Å²) in [6, 6.07) is 9.44. The fourth-order valence-corrected chi connectivity index (χ4v) is 1.54. The van der Waals surface area contributed by atoms with Crippen molar-refractivity contribution in [1.29, 1.82) is 0 Å². The van der Waals surface area contributed by atoms with Gasteiger partial charge in [0, 0.05) is 13.0 Å². The number of amides is 1. The summed E-state index contributed by atoms with van der Waals surface area (Å²) < 4.78 is 5.44. The maximum atomic E-state index is 11.5. The van der Waals surface area contributed by atoms with E-state index in [9.17, 15) is 4.79 Å². The number of ether oxygens (including phenoxy) is 1. The number of carbonyl (C=O) groups is 1. The van der Waals surface area contributed by atoms with E-state index in [1.54, 1.807) is 0 Å². The lowest BCUT2D eigenvalue weighted by atomic mass is 10.3. The summed E-state index contributed by atoms with van der Waals surface area (Å²) in [6.07, 6.45) is 2.43. The van der Waals surface area contributed by atoms with Crippen LogP contribution in [0.3, 0.4) is 0 Å². The second-order valence-corrected chi connectivity index (χ2v) is 3.94. The van der Waals surface area contributed by atoms with Crippen LogP contribution in [0.4, 0.5) is 0 Å². The average molecular weight is 260 g/mol. The van der Waals surface area contributed by atoms with E-state index in [2.05, 4.69) is 20.5 Å². The van der Waals surface area contributed by atoms with Crippen LogP contribution in [0.5, 0.6) is 5.75 Å². The Labute approximate surface area is 111 Å². The second-order valence-electron chi connectivity index (χ2n) is 3.94. The molecule has 2 rings (SSSR count). The fourth-order valence-electron chi connectivity index (χ4n) is 1.54. The number of nitrogens with one attached hydrogen (secondary N) is 2. The third kappa shape index (κ3) is 4.79. The van der Waals surface area contributed by atoms with Crippen LogP contribution < -0.4 is 10.1 Å². The minimum atomic E-state index is -0.0320. The zero-order chi connectivity index (χ0) is 13.3. The van der Waals surface area contributed by atoms with Crippen molar-refractivity contribution < 1.29 is 9.53 Å². The average Bonchev–Trinajstić information content (AvgIpc) is 2.93. The fraction of sp³-hybridized carbons (Fsp3) is 0.308. The summed E-state index contributed by atoms with van der Waals surface area (Å²) in [5.74, 6) is 1.51. The van der Waals surface area contributed by atoms with E-state index in [1.807, 2.05) is 30.3 Å². The van der Waals surface area contributed by atoms with Gasteiger partial charge in [0.25, 0.3) is 0 Å². The van der Waals surface area contributed by atoms with Crippen LogP contribution in [-0.4, -0.2) is 34.2 Å². The van der Waals surface area contributed by atoms with Gasteiger partial charge in [-0.3, -0.25) is 9.89 Å². The number of hydrogen-bond acceptors (Lipinski definition) is 4. The summed E-state index contributed by atoms with van der Waals surface area (Å²) in [5.41, 5.74) is 0. The van der Waals surface area contributed by atoms with E-state index in [-0.39, 0.29) is 5.91 Å². The number of para-hydroxylation sites is 1. The first-order chi connectivity index (χ1) is 9.34. The molecular weight excluding hydrogens is 244 g/mol. The Morgan fingerprint density at radius 1 is 1.32 bits per heavy atom. The molecule has 6 heteroatoms. The van der Waals surface area contributed by atoms with Crippen molar-refractivity contribution in [2.75, 3.05) is 13.2 Å². The van der Waals surface area contributed by atoms with Gasteiger partial charge in [0.2, 0.25) is 5.91 Å². The largest absolute Gasteiger partial charge is 0.493 e. The molecule has 0 aliphatic carbocycles. The quantitative estimate of drug-likeness (QED) is 0.776. The molecule has 0 saturated carbocycles. The number of aromatic amines is 1. The third-order valence-electron chi connectivity index (χ3n) is 2.49. The molecule has 1 heterocycles. The minimum Gasteiger partial charge on any atom is -0.493 e. The van der Waals surface area contributed by atoms with E-state index in [0.29, 0.717) is 26.0 Å². The molecule has 0 bridgehead atoms. The van der Waals surface area contributed by atoms with Gasteiger partial charge in [-0.2, -0.15) is 5.10 Å². The Morgan fingerprint density at radius 2 is 2.16 bits per heavy atom. The van der Waals surface area contributed by atoms with Crippen molar-refractivity contribution in [3.05, 3.63) is 42.5 Å². The van der Waals surface area contributed by atoms with Crippen LogP contribution in [0.15, 0.2) is 36.7 Å². The molecule has 0 atom stereocenters. The highest BCUT2D eigenvalue weighted by Crippen LogP contribution is 2.08. The zero-order valence-electron chi connectivity index (χ0n) is 10.5. The molecule has 6 nitrogen and oxygen atoms in total. The monoisotopic (exact) mass is 260 g/mol. The molecule has 0 aliphatic heterocycles. The molecule has 0 saturated heterocycles. The van der Waals surface area contributed by atoms with Crippen molar-refractivity contribution in [3.63, 3.8) is 0 Å². The Morgan fingerprint density at radius 3 is 2.89 bits per heavy atom. The molecule has 2 aromatic rings. The van der Waals surface area contributed by atoms with Crippen LogP contribution in [-0.2, 0) is 11.2 Å². The van der Waals surface area contributed by atoms with Gasteiger partial charge in [-0.1, -0.05) is 18.2 Å². The molecule has 0 unspecified atom stereocenters. The van der Waals surface area contributed by atoms with Gasteiger partial charge in [-0.15, -0.1) is 0 Å². The molecule has 1 aromatic carbocycles. The predicted octanol–water partition coefficient (Wildman–Crippen LogP) is 0.932. The van der Waals surface area contributed by atoms with Gasteiger partial charge in [0.05, 0.1) is 13.0 Å². The molecule has 1 aromatic heterocycles. The van der Waals surface area contributed by atoms with Crippen LogP contribution in [0.25, 0.3) is 0 Å². The van der Waals surface area contributed by atoms with Gasteiger partial charge in [-0.25, -0.2) is 4.98 Å². The second kappa shape index (κ2) is 7.15. The number of rotatable bonds is 7. The van der Waals surface area contributed by atoms with Crippen molar-refractivity contribution in [3.8, 4) is 5.75 Å². The summed E-state index contributed by atoms with van der Waals surface area (Å²) in [6.45, 7) is 0.914. The molecule has 0 spiro atoms. The van der Waals surface area contributed by atoms with Crippen LogP contribution in [0.1, 0.15) is 12.2 Å². The lowest BCUT2D eigenvalue weighted by Crippen LogP contribution is -2.27. The summed E-state index contributed by atoms with van der Waals surface area (Å²) >= 11 is 0. The minimum absolute atomic E-state index is 0.0320. The molecule has 19 heavy (non-hydrogen) atoms. The maximum Gasteiger partial charge on any atom is 0.223 e. The van der Waals surface area contributed by atoms with E-state index in [0.717, 1.165) is 11.6 Å². The number of aromatic nitrogens is 3. The number of nitrogens with zero attached hydrogens (tertiary/aromatic N) is 2. The molecular formula is C13H16N4O2. The van der Waals surface area contributed by atoms with Crippen molar-refractivity contribution in [2.45, 2.75) is 12.8 Å². The smallest absolute Gasteiger partial charge is 0.223 e. The van der Waals surface area contributed by atoms with Gasteiger partial charge in [0.15, 0.2) is 0 Å². The number of hydrogen-bond donors (Lipinski definition) is 2. The van der Waals surface area contributed by atoms with Gasteiger partial charge in [-0.05, 0) is 12.1 Å². The van der Waals surface area contributed by atoms with E-state index in [1.165, 1.54) is 6.33 Å². The molecule has 100 valence electrons. The van der Waals surface area contributed by atoms with Crippen LogP contribution in [0, 0.1) is 0 Å². The highest BCUT2D eigenvalue weighted by Gasteiger charge is 2.02. The van der Waals surface area contributed by atoms with Crippen LogP contribution in [0.2, 0.25) is 0 Å². The van der Waals surface area contributed by atoms with Crippen molar-refractivity contribution in [1.82, 2.24) is 20.5 Å². The van der Waals surface area contributed by atoms with Gasteiger partial charge < -0.3 is 10.1 Å². The van der Waals surface area contributed by atoms with E-state index >= 15 is 0 Å². The van der Waals surface area contributed by atoms with Gasteiger partial charge in [0.1, 0.15) is 17.9 Å². The highest BCUT2D eigenvalue weighted by molar-refractivity contribution is 5.75. The third-order valence-corrected chi connectivity index (χ3v) is 2.49. The summed E-state index contributed by atoms with van der Waals surface area (Å²) in [7, 11) is 0. The van der Waals surface area contributed by atoms with Crippen molar-refractivity contribution >= 4 is 5.91 Å². The standard InChI is InChI=1S/C13H16N4O2/c18-13(14-8-6-12-15-10-16-17-12)7-9-19-11-4-2-1-3-5-11/h1-5,10H,6-9H2,(H,14,18)(H,15,16,17). The maximum absolute atomic E-state index is 11.5. The first-order valence-electron chi connectivity index (χ1n) is 6.13. The molecule has 0 aliphatic rings. The van der Waals surface area contributed by atoms with E-state index in [4.69, 9.17) is 4.74 Å². The number of carbonyl (C=O) groups excluding carboxylic acids is 1. The molecule has 2 N–H and O–H groups in total. The SMILES string of the molecule is O=C(CCOc1ccccc1)NCCc1ncn[nH]1. The van der Waals surface area contributed by atoms with E-state index < -0.39 is 0 Å². The Kier molecular flexibility index (Phi) is 4.92. The lowest BCUT2D eigenvalue weighted by molar-refractivity contribution is -0.121. The Hall–Kier alpha value is -2.37. The first-order valence-corrected chi connectivity index (χ1v) is 6.13. The number of H-pyrrole nitrogens is 1. The highest BCUT2D eigenvalue weighted by atomic mass is 16.5. The first kappa shape index (κ1) is 13.1. The van der Waals surface area contributed by atoms with Gasteiger partial charge >= 0.3 is 0 Å². The Balaban J connectivity index is 1.57. The molecule has 0 radical (unpaired) electrons. The molecule has 0 fully saturated rings. The predicted molar refractivity (Wildman–Crippen MR) is 69.7 cm³/mol. The summed E-state index contributed by atoms with van der Waals surface area (Å²) in [5, 5.41) is 9.27. The zero-order valence-corrected chi connectivity index (χ0v) is 10.5. The summed E-state index contributed by atoms with van der Waals surface area (Å²) in [4.78, 5) is 15.5.